The van der Waals surface area contributed by atoms with Gasteiger partial charge in [0, 0.05) is 18.6 Å². The average Bonchev–Trinajstić information content (AvgIpc) is 3.11. The largest absolute Gasteiger partial charge is 0.505 e. The lowest BCUT2D eigenvalue weighted by Gasteiger charge is -2.17. The molecule has 3 N–H and O–H groups in total. The SMILES string of the molecule is CCc1ccc(Nc2nsnc2Nc2ccccc2Br)c(O)c1C(=O)N(C)C. The van der Waals surface area contributed by atoms with Crippen molar-refractivity contribution < 1.29 is 9.90 Å². The highest BCUT2D eigenvalue weighted by atomic mass is 79.9. The van der Waals surface area contributed by atoms with Crippen molar-refractivity contribution in [2.24, 2.45) is 0 Å². The number of aryl methyl sites for hydroxylation is 1. The number of hydrogen-bond acceptors (Lipinski definition) is 7. The summed E-state index contributed by atoms with van der Waals surface area (Å²) in [5, 5.41) is 17.1. The van der Waals surface area contributed by atoms with Gasteiger partial charge >= 0.3 is 0 Å². The monoisotopic (exact) mass is 461 g/mol. The molecule has 3 rings (SSSR count). The maximum absolute atomic E-state index is 12.5. The van der Waals surface area contributed by atoms with Crippen LogP contribution in [0.3, 0.4) is 0 Å². The second kappa shape index (κ2) is 8.57. The number of rotatable bonds is 6. The predicted octanol–water partition coefficient (Wildman–Crippen LogP) is 4.76. The van der Waals surface area contributed by atoms with Gasteiger partial charge in [-0.25, -0.2) is 0 Å². The molecule has 7 nitrogen and oxygen atoms in total. The Kier molecular flexibility index (Phi) is 6.15. The number of anilines is 4. The number of phenols is 1. The number of amides is 1. The third-order valence-corrected chi connectivity index (χ3v) is 5.35. The number of carbonyl (C=O) groups is 1. The van der Waals surface area contributed by atoms with Crippen LogP contribution in [-0.2, 0) is 6.42 Å². The predicted molar refractivity (Wildman–Crippen MR) is 116 cm³/mol. The fourth-order valence-electron chi connectivity index (χ4n) is 2.66. The van der Waals surface area contributed by atoms with Crippen LogP contribution in [0.15, 0.2) is 40.9 Å². The summed E-state index contributed by atoms with van der Waals surface area (Å²) >= 11 is 4.53. The zero-order valence-electron chi connectivity index (χ0n) is 15.7. The summed E-state index contributed by atoms with van der Waals surface area (Å²) in [6.07, 6.45) is 0.635. The molecule has 0 atom stereocenters. The van der Waals surface area contributed by atoms with Crippen molar-refractivity contribution in [3.63, 3.8) is 0 Å². The summed E-state index contributed by atoms with van der Waals surface area (Å²) < 4.78 is 9.43. The van der Waals surface area contributed by atoms with Crippen molar-refractivity contribution in [1.29, 1.82) is 0 Å². The van der Waals surface area contributed by atoms with Crippen LogP contribution < -0.4 is 10.6 Å². The van der Waals surface area contributed by atoms with Gasteiger partial charge in [0.25, 0.3) is 5.91 Å². The second-order valence-electron chi connectivity index (χ2n) is 6.24. The number of halogens is 1. The zero-order valence-corrected chi connectivity index (χ0v) is 18.1. The van der Waals surface area contributed by atoms with Crippen LogP contribution in [0.4, 0.5) is 23.0 Å². The summed E-state index contributed by atoms with van der Waals surface area (Å²) in [6, 6.07) is 11.2. The van der Waals surface area contributed by atoms with Crippen molar-refractivity contribution in [3.05, 3.63) is 52.0 Å². The minimum Gasteiger partial charge on any atom is -0.505 e. The zero-order chi connectivity index (χ0) is 20.3. The van der Waals surface area contributed by atoms with Gasteiger partial charge in [-0.15, -0.1) is 0 Å². The van der Waals surface area contributed by atoms with Gasteiger partial charge in [-0.05, 0) is 46.1 Å². The lowest BCUT2D eigenvalue weighted by molar-refractivity contribution is 0.0823. The number of nitrogens with one attached hydrogen (secondary N) is 2. The molecule has 1 heterocycles. The molecular weight excluding hydrogens is 442 g/mol. The molecule has 0 aliphatic rings. The van der Waals surface area contributed by atoms with Gasteiger partial charge in [-0.2, -0.15) is 8.75 Å². The maximum Gasteiger partial charge on any atom is 0.257 e. The molecule has 0 radical (unpaired) electrons. The molecule has 146 valence electrons. The van der Waals surface area contributed by atoms with Crippen LogP contribution in [0.2, 0.25) is 0 Å². The molecule has 2 aromatic carbocycles. The van der Waals surface area contributed by atoms with E-state index in [9.17, 15) is 9.90 Å². The van der Waals surface area contributed by atoms with Gasteiger partial charge in [-0.1, -0.05) is 25.1 Å². The van der Waals surface area contributed by atoms with Crippen LogP contribution in [-0.4, -0.2) is 38.8 Å². The molecule has 0 aliphatic carbocycles. The van der Waals surface area contributed by atoms with Crippen LogP contribution in [0.5, 0.6) is 5.75 Å². The molecule has 0 saturated carbocycles. The Morgan fingerprint density at radius 2 is 1.75 bits per heavy atom. The number of phenolic OH excluding ortho intramolecular Hbond substituents is 1. The Morgan fingerprint density at radius 1 is 1.11 bits per heavy atom. The summed E-state index contributed by atoms with van der Waals surface area (Å²) in [5.74, 6) is 0.638. The van der Waals surface area contributed by atoms with E-state index in [-0.39, 0.29) is 11.7 Å². The van der Waals surface area contributed by atoms with E-state index in [1.165, 1.54) is 4.90 Å². The molecule has 3 aromatic rings. The van der Waals surface area contributed by atoms with Gasteiger partial charge in [0.2, 0.25) is 0 Å². The lowest BCUT2D eigenvalue weighted by atomic mass is 10.0. The number of aromatic nitrogens is 2. The maximum atomic E-state index is 12.5. The topological polar surface area (TPSA) is 90.4 Å². The Balaban J connectivity index is 1.93. The molecule has 0 spiro atoms. The smallest absolute Gasteiger partial charge is 0.257 e. The molecule has 0 fully saturated rings. The first kappa shape index (κ1) is 20.1. The van der Waals surface area contributed by atoms with Crippen molar-refractivity contribution in [3.8, 4) is 5.75 Å². The Morgan fingerprint density at radius 3 is 2.36 bits per heavy atom. The molecule has 28 heavy (non-hydrogen) atoms. The van der Waals surface area contributed by atoms with E-state index in [0.29, 0.717) is 29.3 Å². The Labute approximate surface area is 175 Å². The minimum absolute atomic E-state index is 0.0992. The van der Waals surface area contributed by atoms with E-state index < -0.39 is 0 Å². The first-order valence-electron chi connectivity index (χ1n) is 8.60. The van der Waals surface area contributed by atoms with E-state index in [2.05, 4.69) is 35.3 Å². The molecular formula is C19H20BrN5O2S. The van der Waals surface area contributed by atoms with Crippen molar-refractivity contribution >= 4 is 56.6 Å². The van der Waals surface area contributed by atoms with Crippen LogP contribution in [0.25, 0.3) is 0 Å². The molecule has 9 heteroatoms. The average molecular weight is 462 g/mol. The summed E-state index contributed by atoms with van der Waals surface area (Å²) in [7, 11) is 3.32. The first-order chi connectivity index (χ1) is 13.4. The van der Waals surface area contributed by atoms with Gasteiger partial charge in [0.1, 0.15) is 0 Å². The van der Waals surface area contributed by atoms with Crippen LogP contribution >= 0.6 is 27.7 Å². The van der Waals surface area contributed by atoms with E-state index in [0.717, 1.165) is 27.5 Å². The Bertz CT molecular complexity index is 1010. The molecule has 0 unspecified atom stereocenters. The normalized spacial score (nSPS) is 10.6. The molecule has 0 saturated heterocycles. The number of para-hydroxylation sites is 1. The summed E-state index contributed by atoms with van der Waals surface area (Å²) in [6.45, 7) is 1.94. The quantitative estimate of drug-likeness (QED) is 0.458. The minimum atomic E-state index is -0.249. The standard InChI is InChI=1S/C19H20BrN5O2S/c1-4-11-9-10-14(16(26)15(11)19(27)25(2)3)22-18-17(23-28-24-18)21-13-8-6-5-7-12(13)20/h5-10,26H,4H2,1-3H3,(H,21,23)(H,22,24). The van der Waals surface area contributed by atoms with Crippen LogP contribution in [0.1, 0.15) is 22.8 Å². The van der Waals surface area contributed by atoms with Gasteiger partial charge in [0.05, 0.1) is 28.7 Å². The van der Waals surface area contributed by atoms with E-state index in [1.54, 1.807) is 20.2 Å². The van der Waals surface area contributed by atoms with Gasteiger partial charge in [0.15, 0.2) is 17.4 Å². The highest BCUT2D eigenvalue weighted by Crippen LogP contribution is 2.36. The number of carbonyl (C=O) groups excluding carboxylic acids is 1. The molecule has 0 bridgehead atoms. The van der Waals surface area contributed by atoms with Crippen LogP contribution in [0, 0.1) is 0 Å². The highest BCUT2D eigenvalue weighted by Gasteiger charge is 2.21. The van der Waals surface area contributed by atoms with Crippen molar-refractivity contribution in [2.45, 2.75) is 13.3 Å². The van der Waals surface area contributed by atoms with Gasteiger partial charge < -0.3 is 20.6 Å². The van der Waals surface area contributed by atoms with E-state index in [4.69, 9.17) is 0 Å². The number of aromatic hydroxyl groups is 1. The fourth-order valence-corrected chi connectivity index (χ4v) is 3.51. The fraction of sp³-hybridized carbons (Fsp3) is 0.211. The first-order valence-corrected chi connectivity index (χ1v) is 10.1. The molecule has 1 aromatic heterocycles. The third kappa shape index (κ3) is 4.10. The summed E-state index contributed by atoms with van der Waals surface area (Å²) in [5.41, 5.74) is 2.31. The summed E-state index contributed by atoms with van der Waals surface area (Å²) in [4.78, 5) is 14.0. The highest BCUT2D eigenvalue weighted by molar-refractivity contribution is 9.10. The molecule has 1 amide bonds. The second-order valence-corrected chi connectivity index (χ2v) is 7.62. The lowest BCUT2D eigenvalue weighted by Crippen LogP contribution is -2.23. The van der Waals surface area contributed by atoms with Crippen molar-refractivity contribution in [1.82, 2.24) is 13.6 Å². The van der Waals surface area contributed by atoms with Crippen molar-refractivity contribution in [2.75, 3.05) is 24.7 Å². The number of nitrogens with zero attached hydrogens (tertiary/aromatic N) is 3. The Hall–Kier alpha value is -2.65. The third-order valence-electron chi connectivity index (χ3n) is 4.13. The van der Waals surface area contributed by atoms with Gasteiger partial charge in [-0.3, -0.25) is 4.79 Å². The number of benzene rings is 2. The van der Waals surface area contributed by atoms with E-state index in [1.807, 2.05) is 37.3 Å². The van der Waals surface area contributed by atoms with E-state index >= 15 is 0 Å². The number of hydrogen-bond donors (Lipinski definition) is 3. The molecule has 0 aliphatic heterocycles.